The predicted octanol–water partition coefficient (Wildman–Crippen LogP) is 3.61. The van der Waals surface area contributed by atoms with Gasteiger partial charge >= 0.3 is 0 Å². The van der Waals surface area contributed by atoms with Gasteiger partial charge in [-0.05, 0) is 49.8 Å². The maximum atomic E-state index is 5.63. The minimum atomic E-state index is 0. The Hall–Kier alpha value is -1.18. The fourth-order valence-electron chi connectivity index (χ4n) is 2.67. The quantitative estimate of drug-likeness (QED) is 0.242. The lowest BCUT2D eigenvalue weighted by atomic mass is 10.1. The van der Waals surface area contributed by atoms with Crippen LogP contribution in [-0.2, 0) is 6.42 Å². The van der Waals surface area contributed by atoms with Crippen molar-refractivity contribution in [3.05, 3.63) is 23.8 Å². The third kappa shape index (κ3) is 8.16. The van der Waals surface area contributed by atoms with Crippen molar-refractivity contribution < 1.29 is 9.47 Å². The molecule has 0 heterocycles. The van der Waals surface area contributed by atoms with Gasteiger partial charge in [0.25, 0.3) is 0 Å². The van der Waals surface area contributed by atoms with Crippen molar-refractivity contribution >= 4 is 29.9 Å². The van der Waals surface area contributed by atoms with E-state index in [0.29, 0.717) is 6.61 Å². The molecule has 142 valence electrons. The van der Waals surface area contributed by atoms with E-state index in [4.69, 9.17) is 9.47 Å². The molecule has 5 nitrogen and oxygen atoms in total. The summed E-state index contributed by atoms with van der Waals surface area (Å²) in [5, 5.41) is 6.76. The van der Waals surface area contributed by atoms with E-state index in [1.807, 2.05) is 20.0 Å². The summed E-state index contributed by atoms with van der Waals surface area (Å²) >= 11 is 0. The van der Waals surface area contributed by atoms with Crippen molar-refractivity contribution in [2.45, 2.75) is 39.0 Å². The van der Waals surface area contributed by atoms with Crippen LogP contribution in [0.15, 0.2) is 23.2 Å². The summed E-state index contributed by atoms with van der Waals surface area (Å²) in [6.45, 7) is 4.54. The number of aryl methyl sites for hydroxylation is 1. The number of rotatable bonds is 10. The Labute approximate surface area is 169 Å². The first kappa shape index (κ1) is 21.9. The van der Waals surface area contributed by atoms with Gasteiger partial charge in [0.2, 0.25) is 0 Å². The molecule has 0 spiro atoms. The molecule has 0 unspecified atom stereocenters. The minimum absolute atomic E-state index is 0. The molecule has 2 rings (SSSR count). The van der Waals surface area contributed by atoms with Crippen molar-refractivity contribution in [1.29, 1.82) is 0 Å². The molecule has 0 atom stereocenters. The molecule has 0 radical (unpaired) electrons. The number of benzene rings is 1. The minimum Gasteiger partial charge on any atom is -0.493 e. The molecule has 1 aliphatic carbocycles. The van der Waals surface area contributed by atoms with E-state index in [2.05, 4.69) is 27.8 Å². The average Bonchev–Trinajstić information content (AvgIpc) is 3.42. The third-order valence-corrected chi connectivity index (χ3v) is 4.23. The van der Waals surface area contributed by atoms with Crippen LogP contribution >= 0.6 is 24.0 Å². The summed E-state index contributed by atoms with van der Waals surface area (Å²) < 4.78 is 11.0. The van der Waals surface area contributed by atoms with Crippen molar-refractivity contribution in [3.63, 3.8) is 0 Å². The lowest BCUT2D eigenvalue weighted by Crippen LogP contribution is -2.38. The van der Waals surface area contributed by atoms with Gasteiger partial charge < -0.3 is 20.1 Å². The summed E-state index contributed by atoms with van der Waals surface area (Å²) in [5.41, 5.74) is 1.26. The van der Waals surface area contributed by atoms with E-state index in [9.17, 15) is 0 Å². The van der Waals surface area contributed by atoms with Crippen LogP contribution in [0.4, 0.5) is 0 Å². The molecular formula is C19H32IN3O2. The Morgan fingerprint density at radius 1 is 1.20 bits per heavy atom. The van der Waals surface area contributed by atoms with Crippen LogP contribution < -0.4 is 20.1 Å². The van der Waals surface area contributed by atoms with E-state index < -0.39 is 0 Å². The van der Waals surface area contributed by atoms with E-state index in [1.54, 1.807) is 7.11 Å². The van der Waals surface area contributed by atoms with Crippen LogP contribution in [0.1, 0.15) is 38.2 Å². The SMILES string of the molecule is CCOc1cc(CCCNC(=NC)NCCC2CC2)ccc1OC.I. The van der Waals surface area contributed by atoms with Crippen molar-refractivity contribution in [2.75, 3.05) is 33.9 Å². The van der Waals surface area contributed by atoms with Gasteiger partial charge in [-0.15, -0.1) is 24.0 Å². The molecule has 6 heteroatoms. The lowest BCUT2D eigenvalue weighted by molar-refractivity contribution is 0.310. The maximum Gasteiger partial charge on any atom is 0.190 e. The highest BCUT2D eigenvalue weighted by atomic mass is 127. The summed E-state index contributed by atoms with van der Waals surface area (Å²) in [7, 11) is 3.49. The molecule has 0 amide bonds. The molecular weight excluding hydrogens is 429 g/mol. The van der Waals surface area contributed by atoms with Crippen LogP contribution in [-0.4, -0.2) is 39.8 Å². The molecule has 1 aromatic rings. The zero-order valence-electron chi connectivity index (χ0n) is 15.6. The fourth-order valence-corrected chi connectivity index (χ4v) is 2.67. The summed E-state index contributed by atoms with van der Waals surface area (Å²) in [6.07, 6.45) is 6.10. The van der Waals surface area contributed by atoms with Gasteiger partial charge in [0.15, 0.2) is 17.5 Å². The molecule has 0 bridgehead atoms. The topological polar surface area (TPSA) is 54.9 Å². The number of aliphatic imine (C=N–C) groups is 1. The first-order valence-electron chi connectivity index (χ1n) is 9.01. The molecule has 0 aromatic heterocycles. The largest absolute Gasteiger partial charge is 0.493 e. The normalized spacial score (nSPS) is 13.8. The standard InChI is InChI=1S/C19H31N3O2.HI/c1-4-24-18-14-16(9-10-17(18)23-3)6-5-12-21-19(20-2)22-13-11-15-7-8-15;/h9-10,14-15H,4-8,11-13H2,1-3H3,(H2,20,21,22);1H. The summed E-state index contributed by atoms with van der Waals surface area (Å²) in [6, 6.07) is 6.15. The lowest BCUT2D eigenvalue weighted by Gasteiger charge is -2.13. The highest BCUT2D eigenvalue weighted by Crippen LogP contribution is 2.31. The first-order valence-corrected chi connectivity index (χ1v) is 9.01. The molecule has 0 aliphatic heterocycles. The average molecular weight is 461 g/mol. The highest BCUT2D eigenvalue weighted by Gasteiger charge is 2.20. The molecule has 1 aliphatic rings. The molecule has 1 saturated carbocycles. The number of nitrogens with one attached hydrogen (secondary N) is 2. The zero-order chi connectivity index (χ0) is 17.2. The number of guanidine groups is 1. The number of halogens is 1. The van der Waals surface area contributed by atoms with Gasteiger partial charge in [0.1, 0.15) is 0 Å². The van der Waals surface area contributed by atoms with Crippen molar-refractivity contribution in [2.24, 2.45) is 10.9 Å². The predicted molar refractivity (Wildman–Crippen MR) is 115 cm³/mol. The molecule has 1 aromatic carbocycles. The van der Waals surface area contributed by atoms with Gasteiger partial charge in [-0.2, -0.15) is 0 Å². The second kappa shape index (κ2) is 12.2. The van der Waals surface area contributed by atoms with Crippen molar-refractivity contribution in [1.82, 2.24) is 10.6 Å². The van der Waals surface area contributed by atoms with E-state index in [-0.39, 0.29) is 24.0 Å². The number of ether oxygens (including phenoxy) is 2. The van der Waals surface area contributed by atoms with Gasteiger partial charge in [-0.3, -0.25) is 4.99 Å². The van der Waals surface area contributed by atoms with Crippen LogP contribution in [0, 0.1) is 5.92 Å². The molecule has 0 saturated heterocycles. The third-order valence-electron chi connectivity index (χ3n) is 4.23. The van der Waals surface area contributed by atoms with Crippen LogP contribution in [0.3, 0.4) is 0 Å². The highest BCUT2D eigenvalue weighted by molar-refractivity contribution is 14.0. The van der Waals surface area contributed by atoms with Crippen LogP contribution in [0.5, 0.6) is 11.5 Å². The Morgan fingerprint density at radius 3 is 2.60 bits per heavy atom. The van der Waals surface area contributed by atoms with Crippen LogP contribution in [0.25, 0.3) is 0 Å². The molecule has 25 heavy (non-hydrogen) atoms. The maximum absolute atomic E-state index is 5.63. The van der Waals surface area contributed by atoms with Crippen LogP contribution in [0.2, 0.25) is 0 Å². The van der Waals surface area contributed by atoms with E-state index in [0.717, 1.165) is 49.3 Å². The zero-order valence-corrected chi connectivity index (χ0v) is 18.0. The summed E-state index contributed by atoms with van der Waals surface area (Å²) in [4.78, 5) is 4.27. The van der Waals surface area contributed by atoms with E-state index in [1.165, 1.54) is 24.8 Å². The Bertz CT molecular complexity index is 533. The number of nitrogens with zero attached hydrogens (tertiary/aromatic N) is 1. The smallest absolute Gasteiger partial charge is 0.190 e. The number of hydrogen-bond donors (Lipinski definition) is 2. The Kier molecular flexibility index (Phi) is 10.7. The molecule has 1 fully saturated rings. The Morgan fingerprint density at radius 2 is 1.96 bits per heavy atom. The van der Waals surface area contributed by atoms with Gasteiger partial charge in [0.05, 0.1) is 13.7 Å². The number of methoxy groups -OCH3 is 1. The second-order valence-corrected chi connectivity index (χ2v) is 6.18. The van der Waals surface area contributed by atoms with Crippen molar-refractivity contribution in [3.8, 4) is 11.5 Å². The fraction of sp³-hybridized carbons (Fsp3) is 0.632. The number of hydrogen-bond acceptors (Lipinski definition) is 3. The molecule has 2 N–H and O–H groups in total. The summed E-state index contributed by atoms with van der Waals surface area (Å²) in [5.74, 6) is 3.47. The van der Waals surface area contributed by atoms with Gasteiger partial charge in [-0.25, -0.2) is 0 Å². The van der Waals surface area contributed by atoms with Gasteiger partial charge in [0, 0.05) is 20.1 Å². The first-order chi connectivity index (χ1) is 11.8. The Balaban J connectivity index is 0.00000312. The monoisotopic (exact) mass is 461 g/mol. The second-order valence-electron chi connectivity index (χ2n) is 6.18. The van der Waals surface area contributed by atoms with Gasteiger partial charge in [-0.1, -0.05) is 18.9 Å². The van der Waals surface area contributed by atoms with E-state index >= 15 is 0 Å².